The van der Waals surface area contributed by atoms with Crippen LogP contribution in [0.4, 0.5) is 10.5 Å². The summed E-state index contributed by atoms with van der Waals surface area (Å²) in [5, 5.41) is 5.00. The standard InChI is InChI=1S/C9H12N4O2S/c1-11-9(15)13-7(14)5-16-8-6(10)3-2-4-12-8/h2-4H,5,10H2,1H3,(H2,11,13,14,15). The maximum absolute atomic E-state index is 11.2. The van der Waals surface area contributed by atoms with E-state index in [-0.39, 0.29) is 5.75 Å². The Hall–Kier alpha value is -1.76. The van der Waals surface area contributed by atoms with Crippen LogP contribution in [0.1, 0.15) is 0 Å². The molecule has 0 bridgehead atoms. The van der Waals surface area contributed by atoms with Gasteiger partial charge in [-0.15, -0.1) is 0 Å². The number of nitrogens with two attached hydrogens (primary N) is 1. The van der Waals surface area contributed by atoms with E-state index in [4.69, 9.17) is 5.73 Å². The Balaban J connectivity index is 2.43. The van der Waals surface area contributed by atoms with Gasteiger partial charge >= 0.3 is 6.03 Å². The summed E-state index contributed by atoms with van der Waals surface area (Å²) in [6.45, 7) is 0. The molecule has 0 spiro atoms. The average Bonchev–Trinajstić information content (AvgIpc) is 2.28. The number of hydrogen-bond donors (Lipinski definition) is 3. The van der Waals surface area contributed by atoms with Crippen LogP contribution in [0.3, 0.4) is 0 Å². The number of amides is 3. The number of hydrogen-bond acceptors (Lipinski definition) is 5. The molecule has 0 fully saturated rings. The molecule has 0 aliphatic heterocycles. The molecule has 0 aliphatic carbocycles. The fourth-order valence-electron chi connectivity index (χ4n) is 0.883. The predicted octanol–water partition coefficient (Wildman–Crippen LogP) is 0.211. The van der Waals surface area contributed by atoms with E-state index in [1.54, 1.807) is 18.3 Å². The zero-order valence-corrected chi connectivity index (χ0v) is 9.50. The fourth-order valence-corrected chi connectivity index (χ4v) is 1.59. The summed E-state index contributed by atoms with van der Waals surface area (Å²) >= 11 is 1.18. The highest BCUT2D eigenvalue weighted by atomic mass is 32.2. The molecule has 0 saturated heterocycles. The third-order valence-corrected chi connectivity index (χ3v) is 2.64. The number of nitrogens with one attached hydrogen (secondary N) is 2. The minimum atomic E-state index is -0.528. The largest absolute Gasteiger partial charge is 0.397 e. The summed E-state index contributed by atoms with van der Waals surface area (Å²) in [5.41, 5.74) is 6.15. The molecule has 4 N–H and O–H groups in total. The van der Waals surface area contributed by atoms with Gasteiger partial charge in [0.05, 0.1) is 11.4 Å². The number of thioether (sulfide) groups is 1. The van der Waals surface area contributed by atoms with E-state index in [2.05, 4.69) is 15.6 Å². The number of anilines is 1. The molecule has 6 nitrogen and oxygen atoms in total. The molecule has 0 unspecified atom stereocenters. The van der Waals surface area contributed by atoms with Crippen molar-refractivity contribution in [3.8, 4) is 0 Å². The van der Waals surface area contributed by atoms with Gasteiger partial charge in [0, 0.05) is 13.2 Å². The maximum atomic E-state index is 11.2. The molecule has 0 atom stereocenters. The van der Waals surface area contributed by atoms with Gasteiger partial charge < -0.3 is 11.1 Å². The van der Waals surface area contributed by atoms with Crippen LogP contribution >= 0.6 is 11.8 Å². The summed E-state index contributed by atoms with van der Waals surface area (Å²) in [5.74, 6) is -0.302. The zero-order valence-electron chi connectivity index (χ0n) is 8.69. The van der Waals surface area contributed by atoms with Crippen molar-refractivity contribution in [2.45, 2.75) is 5.03 Å². The van der Waals surface area contributed by atoms with E-state index in [0.29, 0.717) is 10.7 Å². The van der Waals surface area contributed by atoms with Crippen LogP contribution in [0, 0.1) is 0 Å². The second-order valence-corrected chi connectivity index (χ2v) is 3.78. The number of carbonyl (C=O) groups is 2. The molecular weight excluding hydrogens is 228 g/mol. The maximum Gasteiger partial charge on any atom is 0.321 e. The number of urea groups is 1. The number of nitrogens with zero attached hydrogens (tertiary/aromatic N) is 1. The van der Waals surface area contributed by atoms with Crippen LogP contribution in [0.5, 0.6) is 0 Å². The highest BCUT2D eigenvalue weighted by Crippen LogP contribution is 2.20. The van der Waals surface area contributed by atoms with Crippen molar-refractivity contribution >= 4 is 29.4 Å². The zero-order chi connectivity index (χ0) is 12.0. The van der Waals surface area contributed by atoms with Crippen LogP contribution in [0.2, 0.25) is 0 Å². The molecule has 86 valence electrons. The lowest BCUT2D eigenvalue weighted by atomic mass is 10.4. The van der Waals surface area contributed by atoms with E-state index >= 15 is 0 Å². The molecule has 0 saturated carbocycles. The SMILES string of the molecule is CNC(=O)NC(=O)CSc1ncccc1N. The summed E-state index contributed by atoms with van der Waals surface area (Å²) in [6.07, 6.45) is 1.59. The quantitative estimate of drug-likeness (QED) is 0.656. The first kappa shape index (κ1) is 12.3. The van der Waals surface area contributed by atoms with E-state index in [1.165, 1.54) is 18.8 Å². The predicted molar refractivity (Wildman–Crippen MR) is 62.0 cm³/mol. The van der Waals surface area contributed by atoms with Crippen molar-refractivity contribution < 1.29 is 9.59 Å². The molecular formula is C9H12N4O2S. The normalized spacial score (nSPS) is 9.56. The summed E-state index contributed by atoms with van der Waals surface area (Å²) in [6, 6.07) is 2.88. The number of nitrogen functional groups attached to an aromatic ring is 1. The van der Waals surface area contributed by atoms with Crippen molar-refractivity contribution in [2.24, 2.45) is 0 Å². The highest BCUT2D eigenvalue weighted by Gasteiger charge is 2.08. The van der Waals surface area contributed by atoms with E-state index < -0.39 is 11.9 Å². The Morgan fingerprint density at radius 2 is 2.31 bits per heavy atom. The molecule has 0 radical (unpaired) electrons. The minimum absolute atomic E-state index is 0.0919. The smallest absolute Gasteiger partial charge is 0.321 e. The van der Waals surface area contributed by atoms with Crippen LogP contribution in [0.15, 0.2) is 23.4 Å². The molecule has 1 rings (SSSR count). The lowest BCUT2D eigenvalue weighted by molar-refractivity contribution is -0.117. The van der Waals surface area contributed by atoms with Gasteiger partial charge in [0.2, 0.25) is 5.91 Å². The second-order valence-electron chi connectivity index (χ2n) is 2.81. The number of carbonyl (C=O) groups excluding carboxylic acids is 2. The van der Waals surface area contributed by atoms with Crippen LogP contribution in [-0.4, -0.2) is 29.7 Å². The lowest BCUT2D eigenvalue weighted by Gasteiger charge is -2.04. The summed E-state index contributed by atoms with van der Waals surface area (Å²) in [4.78, 5) is 26.1. The van der Waals surface area contributed by atoms with E-state index in [0.717, 1.165) is 0 Å². The van der Waals surface area contributed by atoms with Crippen LogP contribution in [-0.2, 0) is 4.79 Å². The lowest BCUT2D eigenvalue weighted by Crippen LogP contribution is -2.38. The topological polar surface area (TPSA) is 97.1 Å². The Morgan fingerprint density at radius 3 is 2.94 bits per heavy atom. The van der Waals surface area contributed by atoms with Crippen molar-refractivity contribution in [3.63, 3.8) is 0 Å². The molecule has 1 aromatic heterocycles. The third kappa shape index (κ3) is 3.77. The molecule has 1 aromatic rings. The third-order valence-electron chi connectivity index (χ3n) is 1.62. The van der Waals surface area contributed by atoms with Crippen molar-refractivity contribution in [3.05, 3.63) is 18.3 Å². The van der Waals surface area contributed by atoms with Gasteiger partial charge in [0.1, 0.15) is 5.03 Å². The first-order chi connectivity index (χ1) is 7.63. The molecule has 7 heteroatoms. The Bertz CT molecular complexity index is 397. The summed E-state index contributed by atoms with van der Waals surface area (Å²) < 4.78 is 0. The van der Waals surface area contributed by atoms with Crippen molar-refractivity contribution in [1.82, 2.24) is 15.6 Å². The molecule has 0 aromatic carbocycles. The molecule has 3 amide bonds. The van der Waals surface area contributed by atoms with Crippen LogP contribution in [0.25, 0.3) is 0 Å². The average molecular weight is 240 g/mol. The Morgan fingerprint density at radius 1 is 1.56 bits per heavy atom. The monoisotopic (exact) mass is 240 g/mol. The van der Waals surface area contributed by atoms with Gasteiger partial charge in [-0.1, -0.05) is 11.8 Å². The van der Waals surface area contributed by atoms with Gasteiger partial charge in [-0.05, 0) is 12.1 Å². The van der Waals surface area contributed by atoms with Gasteiger partial charge in [-0.25, -0.2) is 9.78 Å². The van der Waals surface area contributed by atoms with E-state index in [1.807, 2.05) is 0 Å². The van der Waals surface area contributed by atoms with Crippen molar-refractivity contribution in [2.75, 3.05) is 18.5 Å². The molecule has 0 aliphatic rings. The van der Waals surface area contributed by atoms with Crippen molar-refractivity contribution in [1.29, 1.82) is 0 Å². The second kappa shape index (κ2) is 5.96. The minimum Gasteiger partial charge on any atom is -0.397 e. The van der Waals surface area contributed by atoms with Crippen LogP contribution < -0.4 is 16.4 Å². The Kier molecular flexibility index (Phi) is 4.59. The summed E-state index contributed by atoms with van der Waals surface area (Å²) in [7, 11) is 1.44. The first-order valence-corrected chi connectivity index (χ1v) is 5.47. The number of pyridine rings is 1. The molecule has 16 heavy (non-hydrogen) atoms. The number of imide groups is 1. The fraction of sp³-hybridized carbons (Fsp3) is 0.222. The van der Waals surface area contributed by atoms with Gasteiger partial charge in [0.15, 0.2) is 0 Å². The van der Waals surface area contributed by atoms with E-state index in [9.17, 15) is 9.59 Å². The number of aromatic nitrogens is 1. The highest BCUT2D eigenvalue weighted by molar-refractivity contribution is 8.00. The molecule has 1 heterocycles. The Labute approximate surface area is 97.0 Å². The van der Waals surface area contributed by atoms with Gasteiger partial charge in [-0.2, -0.15) is 0 Å². The first-order valence-electron chi connectivity index (χ1n) is 4.48. The van der Waals surface area contributed by atoms with Gasteiger partial charge in [-0.3, -0.25) is 10.1 Å². The van der Waals surface area contributed by atoms with Gasteiger partial charge in [0.25, 0.3) is 0 Å². The number of rotatable bonds is 3.